The zero-order chi connectivity index (χ0) is 18.7. The maximum atomic E-state index is 12.6. The van der Waals surface area contributed by atoms with Gasteiger partial charge in [-0.3, -0.25) is 15.1 Å². The van der Waals surface area contributed by atoms with Crippen molar-refractivity contribution in [3.63, 3.8) is 0 Å². The largest absolute Gasteiger partial charge is 0.459 e. The van der Waals surface area contributed by atoms with Gasteiger partial charge in [0.05, 0.1) is 27.8 Å². The highest BCUT2D eigenvalue weighted by Crippen LogP contribution is 2.38. The van der Waals surface area contributed by atoms with Crippen LogP contribution in [0.4, 0.5) is 5.69 Å². The number of esters is 1. The molecule has 0 unspecified atom stereocenters. The molecule has 1 heterocycles. The number of benzene rings is 1. The van der Waals surface area contributed by atoms with Gasteiger partial charge in [-0.15, -0.1) is 11.8 Å². The van der Waals surface area contributed by atoms with E-state index in [9.17, 15) is 14.9 Å². The van der Waals surface area contributed by atoms with Gasteiger partial charge >= 0.3 is 5.97 Å². The van der Waals surface area contributed by atoms with Crippen LogP contribution in [-0.4, -0.2) is 28.2 Å². The van der Waals surface area contributed by atoms with Crippen molar-refractivity contribution < 1.29 is 14.5 Å². The van der Waals surface area contributed by atoms with Gasteiger partial charge in [-0.05, 0) is 51.6 Å². The number of carbonyl (C=O) groups is 1. The van der Waals surface area contributed by atoms with Gasteiger partial charge in [-0.2, -0.15) is 0 Å². The summed E-state index contributed by atoms with van der Waals surface area (Å²) < 4.78 is 5.30. The van der Waals surface area contributed by atoms with Crippen molar-refractivity contribution >= 4 is 23.4 Å². The first kappa shape index (κ1) is 18.9. The number of hydrogen-bond donors (Lipinski definition) is 0. The van der Waals surface area contributed by atoms with Crippen LogP contribution in [-0.2, 0) is 4.74 Å². The topological polar surface area (TPSA) is 82.3 Å². The molecule has 0 saturated heterocycles. The lowest BCUT2D eigenvalue weighted by Gasteiger charge is -2.15. The van der Waals surface area contributed by atoms with Gasteiger partial charge in [-0.1, -0.05) is 12.1 Å². The van der Waals surface area contributed by atoms with Crippen LogP contribution in [0.3, 0.4) is 0 Å². The van der Waals surface area contributed by atoms with E-state index in [2.05, 4.69) is 4.98 Å². The zero-order valence-electron chi connectivity index (χ0n) is 14.8. The highest BCUT2D eigenvalue weighted by atomic mass is 32.2. The Hall–Kier alpha value is -2.41. The van der Waals surface area contributed by atoms with Crippen LogP contribution >= 0.6 is 11.8 Å². The first-order valence-corrected chi connectivity index (χ1v) is 8.99. The molecule has 0 N–H and O–H groups in total. The van der Waals surface area contributed by atoms with Gasteiger partial charge in [0.2, 0.25) is 0 Å². The van der Waals surface area contributed by atoms with Crippen LogP contribution in [0.15, 0.2) is 29.2 Å². The lowest BCUT2D eigenvalue weighted by Crippen LogP contribution is -2.16. The Balaban J connectivity index is 2.85. The third-order valence-electron chi connectivity index (χ3n) is 3.61. The fraction of sp³-hybridized carbons (Fsp3) is 0.333. The summed E-state index contributed by atoms with van der Waals surface area (Å²) in [5.74, 6) is -0.604. The normalized spacial score (nSPS) is 10.8. The molecule has 0 aliphatic carbocycles. The highest BCUT2D eigenvalue weighted by Gasteiger charge is 2.30. The molecule has 25 heavy (non-hydrogen) atoms. The lowest BCUT2D eigenvalue weighted by atomic mass is 9.96. The van der Waals surface area contributed by atoms with Crippen molar-refractivity contribution in [2.75, 3.05) is 6.26 Å². The first-order chi connectivity index (χ1) is 11.8. The molecule has 0 saturated carbocycles. The van der Waals surface area contributed by atoms with Gasteiger partial charge in [-0.25, -0.2) is 4.79 Å². The third-order valence-corrected chi connectivity index (χ3v) is 4.34. The Bertz CT molecular complexity index is 834. The summed E-state index contributed by atoms with van der Waals surface area (Å²) in [6.45, 7) is 6.70. The first-order valence-electron chi connectivity index (χ1n) is 7.77. The molecule has 0 aliphatic heterocycles. The number of nitro groups is 1. The minimum Gasteiger partial charge on any atom is -0.459 e. The molecule has 2 aromatic rings. The van der Waals surface area contributed by atoms with Crippen molar-refractivity contribution in [2.45, 2.75) is 38.7 Å². The van der Waals surface area contributed by atoms with E-state index in [0.29, 0.717) is 11.3 Å². The maximum Gasteiger partial charge on any atom is 0.341 e. The molecule has 6 nitrogen and oxygen atoms in total. The van der Waals surface area contributed by atoms with Crippen molar-refractivity contribution in [1.29, 1.82) is 0 Å². The number of aromatic nitrogens is 1. The Kier molecular flexibility index (Phi) is 5.79. The van der Waals surface area contributed by atoms with Crippen LogP contribution < -0.4 is 0 Å². The van der Waals surface area contributed by atoms with E-state index >= 15 is 0 Å². The van der Waals surface area contributed by atoms with Gasteiger partial charge in [0.1, 0.15) is 5.69 Å². The molecule has 7 heteroatoms. The highest BCUT2D eigenvalue weighted by molar-refractivity contribution is 7.98. The summed E-state index contributed by atoms with van der Waals surface area (Å²) in [7, 11) is 0. The number of pyridine rings is 1. The average Bonchev–Trinajstić information content (AvgIpc) is 2.52. The quantitative estimate of drug-likeness (QED) is 0.336. The Morgan fingerprint density at radius 2 is 1.96 bits per heavy atom. The second kappa shape index (κ2) is 7.65. The van der Waals surface area contributed by atoms with E-state index in [0.717, 1.165) is 4.90 Å². The number of carbonyl (C=O) groups excluding carboxylic acids is 1. The number of nitrogens with zero attached hydrogens (tertiary/aromatic N) is 2. The van der Waals surface area contributed by atoms with Crippen LogP contribution in [0.1, 0.15) is 35.6 Å². The number of hydrogen-bond acceptors (Lipinski definition) is 6. The van der Waals surface area contributed by atoms with Gasteiger partial charge in [0, 0.05) is 4.90 Å². The molecule has 0 fully saturated rings. The predicted octanol–water partition coefficient (Wildman–Crippen LogP) is 4.56. The minimum absolute atomic E-state index is 0.143. The van der Waals surface area contributed by atoms with Crippen LogP contribution in [0.25, 0.3) is 11.1 Å². The van der Waals surface area contributed by atoms with E-state index in [1.54, 1.807) is 33.8 Å². The summed E-state index contributed by atoms with van der Waals surface area (Å²) in [5, 5.41) is 11.7. The van der Waals surface area contributed by atoms with Crippen LogP contribution in [0.5, 0.6) is 0 Å². The summed E-state index contributed by atoms with van der Waals surface area (Å²) in [6.07, 6.45) is 1.59. The van der Waals surface area contributed by atoms with Crippen molar-refractivity contribution in [3.8, 4) is 11.1 Å². The fourth-order valence-electron chi connectivity index (χ4n) is 2.65. The Morgan fingerprint density at radius 3 is 2.52 bits per heavy atom. The van der Waals surface area contributed by atoms with E-state index < -0.39 is 10.9 Å². The Morgan fingerprint density at radius 1 is 1.28 bits per heavy atom. The number of ether oxygens (including phenoxy) is 1. The standard InChI is InChI=1S/C18H20N2O4S/c1-10(2)24-18(21)15-11(3)19-12(4)17(20(22)23)16(15)13-7-6-8-14(9-13)25-5/h6-10H,1-5H3. The second-order valence-corrected chi connectivity index (χ2v) is 6.70. The summed E-state index contributed by atoms with van der Waals surface area (Å²) >= 11 is 1.52. The molecule has 1 aromatic heterocycles. The van der Waals surface area contributed by atoms with Crippen LogP contribution in [0, 0.1) is 24.0 Å². The minimum atomic E-state index is -0.604. The maximum absolute atomic E-state index is 12.6. The molecule has 0 bridgehead atoms. The second-order valence-electron chi connectivity index (χ2n) is 5.82. The Labute approximate surface area is 150 Å². The smallest absolute Gasteiger partial charge is 0.341 e. The van der Waals surface area contributed by atoms with Crippen molar-refractivity contribution in [1.82, 2.24) is 4.98 Å². The van der Waals surface area contributed by atoms with Crippen molar-refractivity contribution in [2.24, 2.45) is 0 Å². The van der Waals surface area contributed by atoms with E-state index in [1.807, 2.05) is 24.5 Å². The van der Waals surface area contributed by atoms with Gasteiger partial charge < -0.3 is 4.74 Å². The molecule has 0 spiro atoms. The molecular formula is C18H20N2O4S. The number of thioether (sulfide) groups is 1. The molecule has 2 rings (SSSR count). The number of rotatable bonds is 5. The molecule has 1 aromatic carbocycles. The zero-order valence-corrected chi connectivity index (χ0v) is 15.6. The monoisotopic (exact) mass is 360 g/mol. The van der Waals surface area contributed by atoms with Gasteiger partial charge in [0.15, 0.2) is 0 Å². The summed E-state index contributed by atoms with van der Waals surface area (Å²) in [4.78, 5) is 29.0. The molecule has 0 aliphatic rings. The molecule has 0 radical (unpaired) electrons. The number of aryl methyl sites for hydroxylation is 2. The molecule has 0 atom stereocenters. The van der Waals surface area contributed by atoms with E-state index in [4.69, 9.17) is 4.74 Å². The van der Waals surface area contributed by atoms with Gasteiger partial charge in [0.25, 0.3) is 5.69 Å². The third kappa shape index (κ3) is 3.99. The average molecular weight is 360 g/mol. The van der Waals surface area contributed by atoms with E-state index in [-0.39, 0.29) is 28.6 Å². The predicted molar refractivity (Wildman–Crippen MR) is 98.1 cm³/mol. The SMILES string of the molecule is CSc1cccc(-c2c(C(=O)OC(C)C)c(C)nc(C)c2[N+](=O)[O-])c1. The van der Waals surface area contributed by atoms with Crippen molar-refractivity contribution in [3.05, 3.63) is 51.3 Å². The summed E-state index contributed by atoms with van der Waals surface area (Å²) in [5.41, 5.74) is 1.52. The molecule has 0 amide bonds. The van der Waals surface area contributed by atoms with Crippen LogP contribution in [0.2, 0.25) is 0 Å². The fourth-order valence-corrected chi connectivity index (χ4v) is 3.11. The summed E-state index contributed by atoms with van der Waals surface area (Å²) in [6, 6.07) is 7.31. The molecule has 132 valence electrons. The molecular weight excluding hydrogens is 340 g/mol. The van der Waals surface area contributed by atoms with E-state index in [1.165, 1.54) is 11.8 Å². The lowest BCUT2D eigenvalue weighted by molar-refractivity contribution is -0.385.